The second-order valence-electron chi connectivity index (χ2n) is 7.51. The molecule has 1 aliphatic heterocycles. The van der Waals surface area contributed by atoms with Gasteiger partial charge in [-0.05, 0) is 28.7 Å². The topological polar surface area (TPSA) is 81.7 Å². The monoisotopic (exact) mass is 379 g/mol. The Hall–Kier alpha value is -2.86. The largest absolute Gasteiger partial charge is 0.390 e. The Balaban J connectivity index is 1.33. The van der Waals surface area contributed by atoms with E-state index < -0.39 is 6.10 Å². The number of aliphatic hydroxyl groups is 1. The van der Waals surface area contributed by atoms with Crippen molar-refractivity contribution in [1.82, 2.24) is 15.5 Å². The van der Waals surface area contributed by atoms with Crippen molar-refractivity contribution in [2.75, 3.05) is 6.54 Å². The quantitative estimate of drug-likeness (QED) is 0.745. The molecule has 4 rings (SSSR count). The number of hydrogen-bond donors (Lipinski definition) is 3. The van der Waals surface area contributed by atoms with Gasteiger partial charge in [0, 0.05) is 32.5 Å². The van der Waals surface area contributed by atoms with Gasteiger partial charge in [-0.1, -0.05) is 48.5 Å². The van der Waals surface area contributed by atoms with Gasteiger partial charge < -0.3 is 20.6 Å². The van der Waals surface area contributed by atoms with E-state index >= 15 is 0 Å². The molecule has 1 aliphatic carbocycles. The lowest BCUT2D eigenvalue weighted by Gasteiger charge is -2.19. The summed E-state index contributed by atoms with van der Waals surface area (Å²) >= 11 is 0. The van der Waals surface area contributed by atoms with Gasteiger partial charge in [0.25, 0.3) is 0 Å². The summed E-state index contributed by atoms with van der Waals surface area (Å²) in [6.07, 6.45) is 1.51. The normalized spacial score (nSPS) is 20.9. The lowest BCUT2D eigenvalue weighted by Crippen LogP contribution is -2.40. The van der Waals surface area contributed by atoms with Crippen LogP contribution in [0.1, 0.15) is 41.1 Å². The van der Waals surface area contributed by atoms with Crippen molar-refractivity contribution in [3.8, 4) is 0 Å². The number of amides is 3. The highest BCUT2D eigenvalue weighted by Gasteiger charge is 2.31. The number of aliphatic hydroxyl groups excluding tert-OH is 1. The van der Waals surface area contributed by atoms with Crippen LogP contribution in [0.3, 0.4) is 0 Å². The third-order valence-electron chi connectivity index (χ3n) is 5.48. The van der Waals surface area contributed by atoms with E-state index in [1.54, 1.807) is 0 Å². The second kappa shape index (κ2) is 8.02. The van der Waals surface area contributed by atoms with Crippen LogP contribution in [0.2, 0.25) is 0 Å². The molecule has 2 aromatic rings. The first-order chi connectivity index (χ1) is 13.6. The van der Waals surface area contributed by atoms with E-state index in [9.17, 15) is 14.7 Å². The molecular formula is C22H25N3O3. The van der Waals surface area contributed by atoms with Crippen LogP contribution in [0.15, 0.2) is 48.5 Å². The Morgan fingerprint density at radius 1 is 1.14 bits per heavy atom. The first-order valence-corrected chi connectivity index (χ1v) is 9.76. The summed E-state index contributed by atoms with van der Waals surface area (Å²) in [4.78, 5) is 26.0. The highest BCUT2D eigenvalue weighted by Crippen LogP contribution is 2.31. The summed E-state index contributed by atoms with van der Waals surface area (Å²) in [5.41, 5.74) is 4.09. The van der Waals surface area contributed by atoms with Gasteiger partial charge in [-0.15, -0.1) is 0 Å². The maximum absolute atomic E-state index is 12.3. The minimum absolute atomic E-state index is 0.207. The average molecular weight is 379 g/mol. The molecule has 6 nitrogen and oxygen atoms in total. The Labute approximate surface area is 164 Å². The van der Waals surface area contributed by atoms with Crippen LogP contribution in [0.4, 0.5) is 4.79 Å². The fourth-order valence-electron chi connectivity index (χ4n) is 4.05. The third-order valence-corrected chi connectivity index (χ3v) is 5.48. The van der Waals surface area contributed by atoms with Crippen LogP contribution in [-0.4, -0.2) is 34.6 Å². The van der Waals surface area contributed by atoms with Crippen LogP contribution in [0.5, 0.6) is 0 Å². The minimum Gasteiger partial charge on any atom is -0.390 e. The van der Waals surface area contributed by atoms with Crippen LogP contribution in [0.25, 0.3) is 0 Å². The molecule has 2 aromatic carbocycles. The summed E-state index contributed by atoms with van der Waals surface area (Å²) in [7, 11) is 0. The third kappa shape index (κ3) is 4.02. The van der Waals surface area contributed by atoms with Gasteiger partial charge in [0.15, 0.2) is 0 Å². The SMILES string of the molecule is O=C(NCc1cccc(CN2CCCC2=O)c1)N[C@H]1c2ccccc2C[C@H]1O. The molecule has 1 saturated heterocycles. The molecule has 0 unspecified atom stereocenters. The van der Waals surface area contributed by atoms with Crippen molar-refractivity contribution in [2.24, 2.45) is 0 Å². The molecule has 6 heteroatoms. The Kier molecular flexibility index (Phi) is 5.30. The van der Waals surface area contributed by atoms with Gasteiger partial charge in [0.2, 0.25) is 5.91 Å². The number of benzene rings is 2. The zero-order chi connectivity index (χ0) is 19.5. The summed E-state index contributed by atoms with van der Waals surface area (Å²) < 4.78 is 0. The average Bonchev–Trinajstić information content (AvgIpc) is 3.23. The molecule has 3 N–H and O–H groups in total. The van der Waals surface area contributed by atoms with Crippen molar-refractivity contribution in [3.63, 3.8) is 0 Å². The summed E-state index contributed by atoms with van der Waals surface area (Å²) in [6.45, 7) is 1.82. The number of fused-ring (bicyclic) bond motifs is 1. The maximum Gasteiger partial charge on any atom is 0.315 e. The van der Waals surface area contributed by atoms with Gasteiger partial charge in [0.05, 0.1) is 12.1 Å². The number of urea groups is 1. The predicted octanol–water partition coefficient (Wildman–Crippen LogP) is 2.27. The second-order valence-corrected chi connectivity index (χ2v) is 7.51. The number of hydrogen-bond acceptors (Lipinski definition) is 3. The van der Waals surface area contributed by atoms with E-state index in [4.69, 9.17) is 0 Å². The van der Waals surface area contributed by atoms with Crippen LogP contribution in [-0.2, 0) is 24.3 Å². The first kappa shape index (κ1) is 18.5. The van der Waals surface area contributed by atoms with Gasteiger partial charge >= 0.3 is 6.03 Å². The van der Waals surface area contributed by atoms with Gasteiger partial charge in [0.1, 0.15) is 0 Å². The lowest BCUT2D eigenvalue weighted by atomic mass is 10.1. The van der Waals surface area contributed by atoms with Gasteiger partial charge in [-0.2, -0.15) is 0 Å². The molecule has 1 fully saturated rings. The van der Waals surface area contributed by atoms with Gasteiger partial charge in [-0.25, -0.2) is 4.79 Å². The van der Waals surface area contributed by atoms with E-state index in [0.29, 0.717) is 25.9 Å². The molecule has 2 aliphatic rings. The van der Waals surface area contributed by atoms with Crippen molar-refractivity contribution < 1.29 is 14.7 Å². The Morgan fingerprint density at radius 2 is 1.96 bits per heavy atom. The van der Waals surface area contributed by atoms with Crippen molar-refractivity contribution in [3.05, 3.63) is 70.8 Å². The lowest BCUT2D eigenvalue weighted by molar-refractivity contribution is -0.128. The minimum atomic E-state index is -0.607. The van der Waals surface area contributed by atoms with Crippen LogP contribution >= 0.6 is 0 Å². The molecule has 1 heterocycles. The zero-order valence-corrected chi connectivity index (χ0v) is 15.7. The van der Waals surface area contributed by atoms with Crippen molar-refractivity contribution >= 4 is 11.9 Å². The molecule has 146 valence electrons. The molecule has 0 saturated carbocycles. The van der Waals surface area contributed by atoms with E-state index in [-0.39, 0.29) is 18.0 Å². The summed E-state index contributed by atoms with van der Waals surface area (Å²) in [6, 6.07) is 15.0. The van der Waals surface area contributed by atoms with E-state index in [1.807, 2.05) is 53.4 Å². The molecule has 0 radical (unpaired) electrons. The fourth-order valence-corrected chi connectivity index (χ4v) is 4.05. The van der Waals surface area contributed by atoms with Crippen molar-refractivity contribution in [1.29, 1.82) is 0 Å². The molecule has 0 aromatic heterocycles. The maximum atomic E-state index is 12.3. The number of carbonyl (C=O) groups excluding carboxylic acids is 2. The summed E-state index contributed by atoms with van der Waals surface area (Å²) in [5, 5.41) is 16.0. The smallest absolute Gasteiger partial charge is 0.315 e. The van der Waals surface area contributed by atoms with Crippen LogP contribution < -0.4 is 10.6 Å². The standard InChI is InChI=1S/C22H25N3O3/c26-19-12-17-7-1-2-8-18(17)21(19)24-22(28)23-13-15-5-3-6-16(11-15)14-25-10-4-9-20(25)27/h1-3,5-8,11,19,21,26H,4,9-10,12-14H2,(H2,23,24,28)/t19-,21+/m1/s1. The molecule has 3 amide bonds. The number of carbonyl (C=O) groups is 2. The molecule has 28 heavy (non-hydrogen) atoms. The highest BCUT2D eigenvalue weighted by molar-refractivity contribution is 5.78. The molecule has 0 bridgehead atoms. The number of nitrogens with zero attached hydrogens (tertiary/aromatic N) is 1. The molecule has 2 atom stereocenters. The van der Waals surface area contributed by atoms with Crippen molar-refractivity contribution in [2.45, 2.75) is 44.5 Å². The zero-order valence-electron chi connectivity index (χ0n) is 15.7. The fraction of sp³-hybridized carbons (Fsp3) is 0.364. The molecular weight excluding hydrogens is 354 g/mol. The van der Waals surface area contributed by atoms with Gasteiger partial charge in [-0.3, -0.25) is 4.79 Å². The first-order valence-electron chi connectivity index (χ1n) is 9.76. The predicted molar refractivity (Wildman–Crippen MR) is 105 cm³/mol. The van der Waals surface area contributed by atoms with E-state index in [2.05, 4.69) is 10.6 Å². The van der Waals surface area contributed by atoms with E-state index in [0.717, 1.165) is 35.2 Å². The summed E-state index contributed by atoms with van der Waals surface area (Å²) in [5.74, 6) is 0.207. The number of rotatable bonds is 5. The van der Waals surface area contributed by atoms with Crippen LogP contribution in [0, 0.1) is 0 Å². The van der Waals surface area contributed by atoms with E-state index in [1.165, 1.54) is 0 Å². The Bertz CT molecular complexity index is 883. The number of nitrogens with one attached hydrogen (secondary N) is 2. The highest BCUT2D eigenvalue weighted by atomic mass is 16.3. The molecule has 0 spiro atoms. The number of likely N-dealkylation sites (tertiary alicyclic amines) is 1. The Morgan fingerprint density at radius 3 is 2.79 bits per heavy atom.